The molecule has 0 radical (unpaired) electrons. The summed E-state index contributed by atoms with van der Waals surface area (Å²) in [7, 11) is 3.67. The first-order valence-electron chi connectivity index (χ1n) is 19.0. The third-order valence-electron chi connectivity index (χ3n) is 11.1. The first kappa shape index (κ1) is 35.5. The molecule has 0 bridgehead atoms. The van der Waals surface area contributed by atoms with Gasteiger partial charge in [-0.05, 0) is 54.5 Å². The smallest absolute Gasteiger partial charge is 0.243 e. The van der Waals surface area contributed by atoms with Crippen LogP contribution in [-0.4, -0.2) is 84.0 Å². The van der Waals surface area contributed by atoms with Crippen LogP contribution in [0.3, 0.4) is 0 Å². The van der Waals surface area contributed by atoms with Crippen LogP contribution in [0.15, 0.2) is 114 Å². The van der Waals surface area contributed by atoms with E-state index in [0.29, 0.717) is 13.1 Å². The predicted molar refractivity (Wildman–Crippen MR) is 216 cm³/mol. The number of amidine groups is 1. The molecule has 272 valence electrons. The molecule has 0 spiro atoms. The molecule has 2 saturated heterocycles. The average molecular weight is 717 g/mol. The Morgan fingerprint density at radius 2 is 1.30 bits per heavy atom. The Kier molecular flexibility index (Phi) is 10.4. The summed E-state index contributed by atoms with van der Waals surface area (Å²) < 4.78 is 0. The van der Waals surface area contributed by atoms with Gasteiger partial charge in [0.1, 0.15) is 23.7 Å². The minimum atomic E-state index is -0.399. The molecule has 0 saturated carbocycles. The van der Waals surface area contributed by atoms with E-state index in [1.807, 2.05) is 105 Å². The molecular formula is C41H45B2N9O2. The zero-order chi connectivity index (χ0) is 37.0. The molecule has 5 heterocycles. The molecule has 13 heteroatoms. The number of aliphatic imine (C=N–C) groups is 1. The summed E-state index contributed by atoms with van der Waals surface area (Å²) in [5, 5.41) is 10.1. The maximum absolute atomic E-state index is 13.7. The number of aromatic nitrogens is 3. The number of carbonyl (C=O) groups excluding carboxylic acids is 2. The number of carbonyl (C=O) groups is 2. The van der Waals surface area contributed by atoms with Crippen LogP contribution in [0.5, 0.6) is 0 Å². The van der Waals surface area contributed by atoms with Gasteiger partial charge in [0.2, 0.25) is 11.8 Å². The molecule has 2 fully saturated rings. The highest BCUT2D eigenvalue weighted by Crippen LogP contribution is 2.34. The van der Waals surface area contributed by atoms with Crippen LogP contribution in [0.2, 0.25) is 0 Å². The largest absolute Gasteiger partial charge is 0.363 e. The standard InChI is InChI=1S/C41H45B2N9O2/c42-49-36(28-9-3-1-4-10-28)40(53)51-21-7-13-34(51)38-45-24-32(47-38)27-17-15-26(16-18-27)31-20-19-30(23-44-31)33-25-46-39(48-33)35-14-8-22-52(35)41(54)37(50-43)29-11-5-2-6-12-29/h1-6,9-12,15-20,23,25,32,34-37,49-50H,7-8,13-14,21-22,24,42-43H2,(H,45,47)(H,46,48)/t32?,34-,35-,36+,37+/m0/s1. The average Bonchev–Trinajstić information content (AvgIpc) is 4.07. The van der Waals surface area contributed by atoms with Crippen molar-refractivity contribution in [3.63, 3.8) is 0 Å². The molecule has 3 aromatic carbocycles. The molecular weight excluding hydrogens is 672 g/mol. The van der Waals surface area contributed by atoms with Crippen LogP contribution in [0.4, 0.5) is 0 Å². The fraction of sp³-hybridized carbons (Fsp3) is 0.293. The van der Waals surface area contributed by atoms with Crippen molar-refractivity contribution in [3.05, 3.63) is 132 Å². The Morgan fingerprint density at radius 3 is 1.89 bits per heavy atom. The van der Waals surface area contributed by atoms with Crippen molar-refractivity contribution in [2.24, 2.45) is 4.99 Å². The fourth-order valence-corrected chi connectivity index (χ4v) is 8.23. The van der Waals surface area contributed by atoms with E-state index in [2.05, 4.69) is 51.1 Å². The zero-order valence-electron chi connectivity index (χ0n) is 30.8. The van der Waals surface area contributed by atoms with E-state index >= 15 is 0 Å². The first-order chi connectivity index (χ1) is 26.5. The summed E-state index contributed by atoms with van der Waals surface area (Å²) in [4.78, 5) is 49.2. The van der Waals surface area contributed by atoms with Crippen LogP contribution in [0, 0.1) is 0 Å². The van der Waals surface area contributed by atoms with Crippen molar-refractivity contribution in [2.75, 3.05) is 19.6 Å². The van der Waals surface area contributed by atoms with Crippen molar-refractivity contribution in [2.45, 2.75) is 55.9 Å². The third kappa shape index (κ3) is 7.09. The molecule has 11 nitrogen and oxygen atoms in total. The SMILES string of the molecule is BN[C@@H](C(=O)N1CCC[C@H]1C1=NCC(c2ccc(-c3ccc(-c4cnc([C@@H]5CCCN5C(=O)[C@H](NB)c5ccccc5)[nH]4)cn3)cc2)N1)c1ccccc1. The number of nitrogens with one attached hydrogen (secondary N) is 4. The Balaban J connectivity index is 0.892. The molecule has 5 aromatic rings. The zero-order valence-corrected chi connectivity index (χ0v) is 30.8. The van der Waals surface area contributed by atoms with E-state index in [9.17, 15) is 9.59 Å². The Bertz CT molecular complexity index is 2090. The molecule has 2 aromatic heterocycles. The first-order valence-corrected chi connectivity index (χ1v) is 19.0. The lowest BCUT2D eigenvalue weighted by Crippen LogP contribution is -2.48. The quantitative estimate of drug-likeness (QED) is 0.154. The van der Waals surface area contributed by atoms with Crippen molar-refractivity contribution in [3.8, 4) is 22.5 Å². The maximum atomic E-state index is 13.7. The number of likely N-dealkylation sites (tertiary alicyclic amines) is 2. The number of pyridine rings is 1. The van der Waals surface area contributed by atoms with Gasteiger partial charge < -0.3 is 30.6 Å². The Morgan fingerprint density at radius 1 is 0.704 bits per heavy atom. The molecule has 54 heavy (non-hydrogen) atoms. The molecule has 8 rings (SSSR count). The Hall–Kier alpha value is -5.52. The van der Waals surface area contributed by atoms with Gasteiger partial charge in [-0.1, -0.05) is 84.9 Å². The predicted octanol–water partition coefficient (Wildman–Crippen LogP) is 3.59. The van der Waals surface area contributed by atoms with Crippen LogP contribution in [0.1, 0.15) is 72.4 Å². The second kappa shape index (κ2) is 15.8. The molecule has 5 atom stereocenters. The van der Waals surface area contributed by atoms with Gasteiger partial charge in [0.25, 0.3) is 0 Å². The van der Waals surface area contributed by atoms with Crippen molar-refractivity contribution >= 4 is 33.6 Å². The molecule has 3 aliphatic rings. The highest BCUT2D eigenvalue weighted by atomic mass is 16.2. The number of H-pyrrole nitrogens is 1. The summed E-state index contributed by atoms with van der Waals surface area (Å²) in [5.74, 6) is 1.85. The van der Waals surface area contributed by atoms with Crippen molar-refractivity contribution in [1.29, 1.82) is 0 Å². The molecule has 2 amide bonds. The van der Waals surface area contributed by atoms with Gasteiger partial charge in [-0.3, -0.25) is 19.6 Å². The highest BCUT2D eigenvalue weighted by molar-refractivity contribution is 6.07. The van der Waals surface area contributed by atoms with Gasteiger partial charge in [0.15, 0.2) is 16.0 Å². The summed E-state index contributed by atoms with van der Waals surface area (Å²) in [6, 6.07) is 31.5. The topological polar surface area (TPSA) is 131 Å². The fourth-order valence-electron chi connectivity index (χ4n) is 8.23. The molecule has 1 unspecified atom stereocenters. The van der Waals surface area contributed by atoms with Crippen LogP contribution < -0.4 is 15.8 Å². The summed E-state index contributed by atoms with van der Waals surface area (Å²) in [5.41, 5.74) is 6.79. The lowest BCUT2D eigenvalue weighted by Gasteiger charge is -2.29. The number of nitrogens with zero attached hydrogens (tertiary/aromatic N) is 5. The second-order valence-corrected chi connectivity index (χ2v) is 14.3. The minimum absolute atomic E-state index is 0.0417. The van der Waals surface area contributed by atoms with E-state index in [-0.39, 0.29) is 36.0 Å². The highest BCUT2D eigenvalue weighted by Gasteiger charge is 2.38. The number of rotatable bonds is 11. The van der Waals surface area contributed by atoms with Crippen LogP contribution in [0.25, 0.3) is 22.5 Å². The van der Waals surface area contributed by atoms with E-state index in [4.69, 9.17) is 15.0 Å². The monoisotopic (exact) mass is 717 g/mol. The van der Waals surface area contributed by atoms with Gasteiger partial charge in [0.05, 0.1) is 42.3 Å². The van der Waals surface area contributed by atoms with Gasteiger partial charge in [0, 0.05) is 30.4 Å². The number of amides is 2. The number of imidazole rings is 1. The van der Waals surface area contributed by atoms with E-state index < -0.39 is 6.04 Å². The number of aromatic amines is 1. The summed E-state index contributed by atoms with van der Waals surface area (Å²) >= 11 is 0. The van der Waals surface area contributed by atoms with E-state index in [1.54, 1.807) is 0 Å². The van der Waals surface area contributed by atoms with Gasteiger partial charge in [-0.15, -0.1) is 0 Å². The van der Waals surface area contributed by atoms with Gasteiger partial charge in [-0.2, -0.15) is 0 Å². The van der Waals surface area contributed by atoms with Gasteiger partial charge in [-0.25, -0.2) is 4.98 Å². The second-order valence-electron chi connectivity index (χ2n) is 14.3. The maximum Gasteiger partial charge on any atom is 0.243 e. The third-order valence-corrected chi connectivity index (χ3v) is 11.1. The molecule has 0 aliphatic carbocycles. The lowest BCUT2D eigenvalue weighted by molar-refractivity contribution is -0.134. The van der Waals surface area contributed by atoms with Gasteiger partial charge >= 0.3 is 0 Å². The lowest BCUT2D eigenvalue weighted by atomic mass is 10.0. The Labute approximate surface area is 318 Å². The van der Waals surface area contributed by atoms with Crippen LogP contribution in [-0.2, 0) is 9.59 Å². The minimum Gasteiger partial charge on any atom is -0.363 e. The van der Waals surface area contributed by atoms with E-state index in [1.165, 1.54) is 0 Å². The molecule has 4 N–H and O–H groups in total. The molecule has 3 aliphatic heterocycles. The summed E-state index contributed by atoms with van der Waals surface area (Å²) in [6.45, 7) is 2.07. The van der Waals surface area contributed by atoms with Crippen molar-refractivity contribution < 1.29 is 9.59 Å². The summed E-state index contributed by atoms with van der Waals surface area (Å²) in [6.07, 6.45) is 7.37. The number of hydrogen-bond acceptors (Lipinski definition) is 8. The van der Waals surface area contributed by atoms with Crippen molar-refractivity contribution in [1.82, 2.24) is 40.5 Å². The number of benzene rings is 3. The van der Waals surface area contributed by atoms with E-state index in [0.717, 1.165) is 83.1 Å². The normalized spacial score (nSPS) is 20.7. The van der Waals surface area contributed by atoms with Crippen LogP contribution >= 0.6 is 0 Å². The number of hydrogen-bond donors (Lipinski definition) is 4.